The summed E-state index contributed by atoms with van der Waals surface area (Å²) < 4.78 is 0. The molecule has 0 radical (unpaired) electrons. The molecule has 4 nitrogen and oxygen atoms in total. The van der Waals surface area contributed by atoms with E-state index in [4.69, 9.17) is 5.73 Å². The van der Waals surface area contributed by atoms with Crippen molar-refractivity contribution < 1.29 is 4.79 Å². The summed E-state index contributed by atoms with van der Waals surface area (Å²) in [6.45, 7) is 1.95. The number of benzene rings is 1. The molecule has 0 atom stereocenters. The Morgan fingerprint density at radius 3 is 2.95 bits per heavy atom. The van der Waals surface area contributed by atoms with Crippen LogP contribution < -0.4 is 11.1 Å². The van der Waals surface area contributed by atoms with Gasteiger partial charge in [-0.3, -0.25) is 10.1 Å². The number of nitrogens with one attached hydrogen (secondary N) is 1. The first kappa shape index (κ1) is 12.2. The molecule has 5 heteroatoms. The van der Waals surface area contributed by atoms with Crippen molar-refractivity contribution in [3.63, 3.8) is 0 Å². The van der Waals surface area contributed by atoms with E-state index in [2.05, 4.69) is 10.3 Å². The van der Waals surface area contributed by atoms with Crippen LogP contribution in [0.25, 0.3) is 0 Å². The van der Waals surface area contributed by atoms with E-state index in [-0.39, 0.29) is 5.91 Å². The SMILES string of the molecule is Cc1ccc(C(=O)Nc2nc(C3CC3)cs2)c(N)c1. The third-order valence-electron chi connectivity index (χ3n) is 3.19. The van der Waals surface area contributed by atoms with E-state index in [0.717, 1.165) is 11.3 Å². The minimum Gasteiger partial charge on any atom is -0.398 e. The van der Waals surface area contributed by atoms with E-state index >= 15 is 0 Å². The molecule has 1 amide bonds. The number of hydrogen-bond acceptors (Lipinski definition) is 4. The summed E-state index contributed by atoms with van der Waals surface area (Å²) in [7, 11) is 0. The minimum atomic E-state index is -0.200. The van der Waals surface area contributed by atoms with Gasteiger partial charge in [-0.05, 0) is 37.5 Å². The third-order valence-corrected chi connectivity index (χ3v) is 3.97. The number of rotatable bonds is 3. The van der Waals surface area contributed by atoms with Crippen LogP contribution in [-0.4, -0.2) is 10.9 Å². The molecule has 1 aromatic carbocycles. The monoisotopic (exact) mass is 273 g/mol. The van der Waals surface area contributed by atoms with Crippen LogP contribution in [0.3, 0.4) is 0 Å². The molecular weight excluding hydrogens is 258 g/mol. The highest BCUT2D eigenvalue weighted by Gasteiger charge is 2.26. The summed E-state index contributed by atoms with van der Waals surface area (Å²) in [6, 6.07) is 5.42. The van der Waals surface area contributed by atoms with E-state index in [1.807, 2.05) is 18.4 Å². The van der Waals surface area contributed by atoms with Crippen molar-refractivity contribution in [3.05, 3.63) is 40.4 Å². The number of hydrogen-bond donors (Lipinski definition) is 2. The first-order chi connectivity index (χ1) is 9.13. The van der Waals surface area contributed by atoms with Gasteiger partial charge in [0.25, 0.3) is 5.91 Å². The van der Waals surface area contributed by atoms with Gasteiger partial charge in [-0.25, -0.2) is 4.98 Å². The van der Waals surface area contributed by atoms with Crippen LogP contribution in [0.15, 0.2) is 23.6 Å². The molecule has 3 N–H and O–H groups in total. The van der Waals surface area contributed by atoms with Gasteiger partial charge in [0.15, 0.2) is 5.13 Å². The van der Waals surface area contributed by atoms with Crippen molar-refractivity contribution in [3.8, 4) is 0 Å². The van der Waals surface area contributed by atoms with Crippen LogP contribution in [0.5, 0.6) is 0 Å². The van der Waals surface area contributed by atoms with Gasteiger partial charge < -0.3 is 5.73 Å². The number of carbonyl (C=O) groups is 1. The van der Waals surface area contributed by atoms with Crippen LogP contribution in [0.4, 0.5) is 10.8 Å². The average molecular weight is 273 g/mol. The summed E-state index contributed by atoms with van der Waals surface area (Å²) in [6.07, 6.45) is 2.42. The molecule has 1 aliphatic rings. The molecule has 0 aliphatic heterocycles. The quantitative estimate of drug-likeness (QED) is 0.844. The Kier molecular flexibility index (Phi) is 2.98. The van der Waals surface area contributed by atoms with Gasteiger partial charge >= 0.3 is 0 Å². The van der Waals surface area contributed by atoms with Crippen LogP contribution in [-0.2, 0) is 0 Å². The van der Waals surface area contributed by atoms with Crippen LogP contribution >= 0.6 is 11.3 Å². The first-order valence-electron chi connectivity index (χ1n) is 6.26. The van der Waals surface area contributed by atoms with Crippen LogP contribution in [0.1, 0.15) is 40.4 Å². The van der Waals surface area contributed by atoms with E-state index in [1.54, 1.807) is 12.1 Å². The third kappa shape index (κ3) is 2.61. The van der Waals surface area contributed by atoms with Gasteiger partial charge in [-0.1, -0.05) is 6.07 Å². The lowest BCUT2D eigenvalue weighted by Gasteiger charge is -2.05. The van der Waals surface area contributed by atoms with Gasteiger partial charge in [-0.15, -0.1) is 11.3 Å². The molecule has 19 heavy (non-hydrogen) atoms. The van der Waals surface area contributed by atoms with Crippen LogP contribution in [0, 0.1) is 6.92 Å². The van der Waals surface area contributed by atoms with Gasteiger partial charge in [-0.2, -0.15) is 0 Å². The van der Waals surface area contributed by atoms with E-state index < -0.39 is 0 Å². The van der Waals surface area contributed by atoms with Gasteiger partial charge in [0, 0.05) is 17.0 Å². The summed E-state index contributed by atoms with van der Waals surface area (Å²) in [5.41, 5.74) is 8.99. The Bertz CT molecular complexity index is 631. The Morgan fingerprint density at radius 1 is 1.47 bits per heavy atom. The minimum absolute atomic E-state index is 0.200. The molecule has 1 saturated carbocycles. The zero-order valence-electron chi connectivity index (χ0n) is 10.6. The first-order valence-corrected chi connectivity index (χ1v) is 7.14. The molecule has 98 valence electrons. The topological polar surface area (TPSA) is 68.0 Å². The molecule has 0 unspecified atom stereocenters. The summed E-state index contributed by atoms with van der Waals surface area (Å²) in [5.74, 6) is 0.403. The zero-order chi connectivity index (χ0) is 13.4. The molecule has 2 aromatic rings. The standard InChI is InChI=1S/C14H15N3OS/c1-8-2-5-10(11(15)6-8)13(18)17-14-16-12(7-19-14)9-3-4-9/h2,5-7,9H,3-4,15H2,1H3,(H,16,17,18). The molecule has 1 aromatic heterocycles. The van der Waals surface area contributed by atoms with Gasteiger partial charge in [0.1, 0.15) is 0 Å². The maximum atomic E-state index is 12.1. The van der Waals surface area contributed by atoms with Crippen molar-refractivity contribution in [2.45, 2.75) is 25.7 Å². The normalized spacial score (nSPS) is 14.4. The molecule has 1 heterocycles. The summed E-state index contributed by atoms with van der Waals surface area (Å²) >= 11 is 1.47. The predicted octanol–water partition coefficient (Wildman–Crippen LogP) is 3.16. The Hall–Kier alpha value is -1.88. The molecule has 1 fully saturated rings. The highest BCUT2D eigenvalue weighted by molar-refractivity contribution is 7.14. The van der Waals surface area contributed by atoms with Gasteiger partial charge in [0.05, 0.1) is 11.3 Å². The number of nitrogen functional groups attached to an aromatic ring is 1. The Balaban J connectivity index is 1.76. The fourth-order valence-corrected chi connectivity index (χ4v) is 2.75. The fraction of sp³-hybridized carbons (Fsp3) is 0.286. The Labute approximate surface area is 115 Å². The second-order valence-electron chi connectivity index (χ2n) is 4.90. The number of anilines is 2. The number of nitrogens with zero attached hydrogens (tertiary/aromatic N) is 1. The van der Waals surface area contributed by atoms with Crippen molar-refractivity contribution in [2.75, 3.05) is 11.1 Å². The van der Waals surface area contributed by atoms with E-state index in [1.165, 1.54) is 24.2 Å². The summed E-state index contributed by atoms with van der Waals surface area (Å²) in [5, 5.41) is 5.47. The van der Waals surface area contributed by atoms with Crippen molar-refractivity contribution >= 4 is 28.1 Å². The van der Waals surface area contributed by atoms with Crippen molar-refractivity contribution in [1.82, 2.24) is 4.98 Å². The second-order valence-corrected chi connectivity index (χ2v) is 5.75. The molecule has 0 bridgehead atoms. The number of amides is 1. The average Bonchev–Trinajstić information content (AvgIpc) is 3.10. The maximum Gasteiger partial charge on any atom is 0.259 e. The number of aromatic nitrogens is 1. The lowest BCUT2D eigenvalue weighted by molar-refractivity contribution is 0.102. The molecular formula is C14H15N3OS. The van der Waals surface area contributed by atoms with Gasteiger partial charge in [0.2, 0.25) is 0 Å². The van der Waals surface area contributed by atoms with Crippen LogP contribution in [0.2, 0.25) is 0 Å². The summed E-state index contributed by atoms with van der Waals surface area (Å²) in [4.78, 5) is 16.5. The number of aryl methyl sites for hydroxylation is 1. The maximum absolute atomic E-state index is 12.1. The second kappa shape index (κ2) is 4.66. The number of nitrogens with two attached hydrogens (primary N) is 1. The Morgan fingerprint density at radius 2 is 2.26 bits per heavy atom. The fourth-order valence-electron chi connectivity index (χ4n) is 1.96. The molecule has 3 rings (SSSR count). The van der Waals surface area contributed by atoms with Crippen molar-refractivity contribution in [2.24, 2.45) is 0 Å². The predicted molar refractivity (Wildman–Crippen MR) is 77.6 cm³/mol. The lowest BCUT2D eigenvalue weighted by atomic mass is 10.1. The molecule has 1 aliphatic carbocycles. The number of thiazole rings is 1. The smallest absolute Gasteiger partial charge is 0.259 e. The molecule has 0 saturated heterocycles. The number of carbonyl (C=O) groups excluding carboxylic acids is 1. The largest absolute Gasteiger partial charge is 0.398 e. The van der Waals surface area contributed by atoms with Crippen molar-refractivity contribution in [1.29, 1.82) is 0 Å². The highest BCUT2D eigenvalue weighted by Crippen LogP contribution is 2.40. The van der Waals surface area contributed by atoms with E-state index in [0.29, 0.717) is 22.3 Å². The lowest BCUT2D eigenvalue weighted by Crippen LogP contribution is -2.14. The highest BCUT2D eigenvalue weighted by atomic mass is 32.1. The van der Waals surface area contributed by atoms with E-state index in [9.17, 15) is 4.79 Å². The zero-order valence-corrected chi connectivity index (χ0v) is 11.5. The molecule has 0 spiro atoms.